The van der Waals surface area contributed by atoms with Gasteiger partial charge in [0, 0.05) is 6.42 Å². The smallest absolute Gasteiger partial charge is 0.242 e. The summed E-state index contributed by atoms with van der Waals surface area (Å²) in [5.74, 6) is 4.87. The highest BCUT2D eigenvalue weighted by atomic mass is 19.3. The molecule has 0 aliphatic carbocycles. The minimum Gasteiger partial charge on any atom is -0.300 e. The van der Waals surface area contributed by atoms with Crippen LogP contribution in [0.4, 0.5) is 8.78 Å². The standard InChI is InChI=1S/C9H11F2NO/c10-9(11)5-7-3-1-2-4-8(7)6-13-12/h1-4,9H,5-6,12H2. The van der Waals surface area contributed by atoms with E-state index in [1.165, 1.54) is 0 Å². The van der Waals surface area contributed by atoms with Crippen molar-refractivity contribution >= 4 is 0 Å². The number of halogens is 2. The van der Waals surface area contributed by atoms with Crippen LogP contribution in [0.2, 0.25) is 0 Å². The van der Waals surface area contributed by atoms with Crippen molar-refractivity contribution in [2.75, 3.05) is 0 Å². The Kier molecular flexibility index (Phi) is 3.79. The van der Waals surface area contributed by atoms with E-state index in [1.54, 1.807) is 24.3 Å². The van der Waals surface area contributed by atoms with Gasteiger partial charge in [0.05, 0.1) is 6.61 Å². The fourth-order valence-corrected chi connectivity index (χ4v) is 1.15. The molecule has 0 bridgehead atoms. The number of hydrogen-bond donors (Lipinski definition) is 1. The van der Waals surface area contributed by atoms with Crippen LogP contribution in [0.25, 0.3) is 0 Å². The van der Waals surface area contributed by atoms with Gasteiger partial charge in [-0.15, -0.1) is 0 Å². The molecule has 0 spiro atoms. The summed E-state index contributed by atoms with van der Waals surface area (Å²) in [4.78, 5) is 4.41. The van der Waals surface area contributed by atoms with Gasteiger partial charge in [0.1, 0.15) is 0 Å². The van der Waals surface area contributed by atoms with E-state index in [4.69, 9.17) is 5.90 Å². The molecule has 4 heteroatoms. The third-order valence-corrected chi connectivity index (χ3v) is 1.73. The average Bonchev–Trinajstić information content (AvgIpc) is 2.08. The molecule has 0 radical (unpaired) electrons. The first-order chi connectivity index (χ1) is 6.24. The molecule has 0 aromatic heterocycles. The maximum atomic E-state index is 12.1. The summed E-state index contributed by atoms with van der Waals surface area (Å²) < 4.78 is 24.1. The Morgan fingerprint density at radius 3 is 2.38 bits per heavy atom. The van der Waals surface area contributed by atoms with E-state index in [2.05, 4.69) is 4.84 Å². The SMILES string of the molecule is NOCc1ccccc1CC(F)F. The summed E-state index contributed by atoms with van der Waals surface area (Å²) in [6.07, 6.45) is -2.58. The molecule has 2 nitrogen and oxygen atoms in total. The molecule has 0 aliphatic heterocycles. The zero-order valence-corrected chi connectivity index (χ0v) is 7.04. The lowest BCUT2D eigenvalue weighted by Gasteiger charge is -2.06. The van der Waals surface area contributed by atoms with Crippen molar-refractivity contribution in [2.45, 2.75) is 19.5 Å². The summed E-state index contributed by atoms with van der Waals surface area (Å²) >= 11 is 0. The topological polar surface area (TPSA) is 35.2 Å². The molecule has 0 amide bonds. The number of benzene rings is 1. The maximum Gasteiger partial charge on any atom is 0.242 e. The molecule has 0 fully saturated rings. The number of alkyl halides is 2. The Balaban J connectivity index is 2.78. The molecule has 2 N–H and O–H groups in total. The van der Waals surface area contributed by atoms with E-state index < -0.39 is 6.43 Å². The van der Waals surface area contributed by atoms with Gasteiger partial charge in [-0.05, 0) is 11.1 Å². The predicted octanol–water partition coefficient (Wildman–Crippen LogP) is 1.88. The van der Waals surface area contributed by atoms with Gasteiger partial charge in [0.15, 0.2) is 0 Å². The Morgan fingerprint density at radius 2 is 1.85 bits per heavy atom. The molecule has 72 valence electrons. The van der Waals surface area contributed by atoms with Gasteiger partial charge in [-0.2, -0.15) is 0 Å². The van der Waals surface area contributed by atoms with Gasteiger partial charge < -0.3 is 0 Å². The molecule has 1 aromatic rings. The van der Waals surface area contributed by atoms with E-state index in [1.807, 2.05) is 0 Å². The molecule has 0 unspecified atom stereocenters. The Labute approximate surface area is 75.3 Å². The molecule has 0 saturated carbocycles. The molecule has 13 heavy (non-hydrogen) atoms. The molecule has 1 aromatic carbocycles. The van der Waals surface area contributed by atoms with Crippen LogP contribution in [0.3, 0.4) is 0 Å². The van der Waals surface area contributed by atoms with Crippen LogP contribution in [0, 0.1) is 0 Å². The molecule has 0 aliphatic rings. The highest BCUT2D eigenvalue weighted by molar-refractivity contribution is 5.26. The summed E-state index contributed by atoms with van der Waals surface area (Å²) in [6.45, 7) is 0.170. The van der Waals surface area contributed by atoms with Crippen molar-refractivity contribution in [3.8, 4) is 0 Å². The highest BCUT2D eigenvalue weighted by Gasteiger charge is 2.08. The second-order valence-corrected chi connectivity index (χ2v) is 2.67. The van der Waals surface area contributed by atoms with Gasteiger partial charge in [-0.1, -0.05) is 24.3 Å². The van der Waals surface area contributed by atoms with Crippen molar-refractivity contribution in [1.82, 2.24) is 0 Å². The predicted molar refractivity (Wildman–Crippen MR) is 45.1 cm³/mol. The van der Waals surface area contributed by atoms with Crippen molar-refractivity contribution in [1.29, 1.82) is 0 Å². The first kappa shape index (κ1) is 10.1. The van der Waals surface area contributed by atoms with Crippen molar-refractivity contribution in [3.63, 3.8) is 0 Å². The van der Waals surface area contributed by atoms with Gasteiger partial charge in [-0.3, -0.25) is 4.84 Å². The summed E-state index contributed by atoms with van der Waals surface area (Å²) in [5.41, 5.74) is 1.30. The van der Waals surface area contributed by atoms with Crippen LogP contribution in [0.5, 0.6) is 0 Å². The van der Waals surface area contributed by atoms with Gasteiger partial charge in [0.25, 0.3) is 0 Å². The fraction of sp³-hybridized carbons (Fsp3) is 0.333. The number of hydrogen-bond acceptors (Lipinski definition) is 2. The molecule has 0 heterocycles. The second kappa shape index (κ2) is 4.89. The van der Waals surface area contributed by atoms with Crippen LogP contribution in [0.1, 0.15) is 11.1 Å². The van der Waals surface area contributed by atoms with E-state index in [0.717, 1.165) is 0 Å². The average molecular weight is 187 g/mol. The summed E-state index contributed by atoms with van der Waals surface area (Å²) in [6, 6.07) is 6.87. The van der Waals surface area contributed by atoms with Gasteiger partial charge >= 0.3 is 0 Å². The molecular weight excluding hydrogens is 176 g/mol. The van der Waals surface area contributed by atoms with E-state index in [0.29, 0.717) is 11.1 Å². The maximum absolute atomic E-state index is 12.1. The van der Waals surface area contributed by atoms with E-state index >= 15 is 0 Å². The zero-order chi connectivity index (χ0) is 9.68. The first-order valence-electron chi connectivity index (χ1n) is 3.90. The lowest BCUT2D eigenvalue weighted by atomic mass is 10.1. The minimum absolute atomic E-state index is 0.170. The van der Waals surface area contributed by atoms with Crippen LogP contribution in [0.15, 0.2) is 24.3 Å². The van der Waals surface area contributed by atoms with Gasteiger partial charge in [-0.25, -0.2) is 14.7 Å². The molecule has 0 saturated heterocycles. The highest BCUT2D eigenvalue weighted by Crippen LogP contribution is 2.13. The van der Waals surface area contributed by atoms with Crippen molar-refractivity contribution in [3.05, 3.63) is 35.4 Å². The lowest BCUT2D eigenvalue weighted by Crippen LogP contribution is -2.05. The monoisotopic (exact) mass is 187 g/mol. The first-order valence-corrected chi connectivity index (χ1v) is 3.90. The summed E-state index contributed by atoms with van der Waals surface area (Å²) in [5, 5.41) is 0. The van der Waals surface area contributed by atoms with Gasteiger partial charge in [0.2, 0.25) is 6.43 Å². The lowest BCUT2D eigenvalue weighted by molar-refractivity contribution is 0.120. The Hall–Kier alpha value is -1.00. The Morgan fingerprint density at radius 1 is 1.23 bits per heavy atom. The zero-order valence-electron chi connectivity index (χ0n) is 7.04. The number of rotatable bonds is 4. The number of nitrogens with two attached hydrogens (primary N) is 1. The molecule has 0 atom stereocenters. The molecule has 1 rings (SSSR count). The van der Waals surface area contributed by atoms with Crippen LogP contribution >= 0.6 is 0 Å². The van der Waals surface area contributed by atoms with Crippen LogP contribution < -0.4 is 5.90 Å². The largest absolute Gasteiger partial charge is 0.300 e. The quantitative estimate of drug-likeness (QED) is 0.730. The van der Waals surface area contributed by atoms with Crippen LogP contribution in [-0.2, 0) is 17.9 Å². The third-order valence-electron chi connectivity index (χ3n) is 1.73. The second-order valence-electron chi connectivity index (χ2n) is 2.67. The Bertz CT molecular complexity index is 266. The fourth-order valence-electron chi connectivity index (χ4n) is 1.15. The molecular formula is C9H11F2NO. The van der Waals surface area contributed by atoms with Crippen molar-refractivity contribution < 1.29 is 13.6 Å². The summed E-state index contributed by atoms with van der Waals surface area (Å²) in [7, 11) is 0. The minimum atomic E-state index is -2.33. The van der Waals surface area contributed by atoms with E-state index in [9.17, 15) is 8.78 Å². The van der Waals surface area contributed by atoms with Crippen LogP contribution in [-0.4, -0.2) is 6.43 Å². The normalized spacial score (nSPS) is 10.8. The van der Waals surface area contributed by atoms with E-state index in [-0.39, 0.29) is 13.0 Å². The van der Waals surface area contributed by atoms with Crippen molar-refractivity contribution in [2.24, 2.45) is 5.90 Å². The third kappa shape index (κ3) is 3.08.